The van der Waals surface area contributed by atoms with Gasteiger partial charge in [0.2, 0.25) is 10.0 Å². The molecule has 0 unspecified atom stereocenters. The molecule has 0 spiro atoms. The third kappa shape index (κ3) is 5.88. The largest absolute Gasteiger partial charge is 0.371 e. The zero-order valence-electron chi connectivity index (χ0n) is 16.5. The van der Waals surface area contributed by atoms with Crippen LogP contribution in [-0.2, 0) is 21.2 Å². The zero-order valence-corrected chi connectivity index (χ0v) is 17.3. The summed E-state index contributed by atoms with van der Waals surface area (Å²) in [4.78, 5) is 2.68. The maximum absolute atomic E-state index is 12.4. The molecule has 2 aromatic carbocycles. The fourth-order valence-corrected chi connectivity index (χ4v) is 4.57. The van der Waals surface area contributed by atoms with Gasteiger partial charge in [-0.25, -0.2) is 13.1 Å². The van der Waals surface area contributed by atoms with Crippen LogP contribution in [0.2, 0.25) is 0 Å². The molecule has 1 atom stereocenters. The number of rotatable bonds is 9. The second-order valence-corrected chi connectivity index (χ2v) is 8.98. The molecule has 1 N–H and O–H groups in total. The van der Waals surface area contributed by atoms with E-state index in [-0.39, 0.29) is 6.10 Å². The number of aryl methyl sites for hydroxylation is 1. The van der Waals surface area contributed by atoms with Crippen LogP contribution in [0.4, 0.5) is 0 Å². The van der Waals surface area contributed by atoms with E-state index in [1.54, 1.807) is 12.1 Å². The van der Waals surface area contributed by atoms with E-state index in [9.17, 15) is 8.42 Å². The van der Waals surface area contributed by atoms with Gasteiger partial charge in [-0.3, -0.25) is 4.90 Å². The van der Waals surface area contributed by atoms with E-state index in [0.29, 0.717) is 18.0 Å². The molecule has 1 heterocycles. The fraction of sp³-hybridized carbons (Fsp3) is 0.455. The molecular weight excluding hydrogens is 372 g/mol. The summed E-state index contributed by atoms with van der Waals surface area (Å²) < 4.78 is 33.5. The van der Waals surface area contributed by atoms with E-state index < -0.39 is 10.0 Å². The first kappa shape index (κ1) is 21.0. The molecule has 2 aromatic rings. The van der Waals surface area contributed by atoms with Crippen molar-refractivity contribution in [3.05, 3.63) is 65.7 Å². The van der Waals surface area contributed by atoms with Gasteiger partial charge in [-0.2, -0.15) is 0 Å². The molecule has 0 radical (unpaired) electrons. The van der Waals surface area contributed by atoms with Crippen molar-refractivity contribution in [2.45, 2.75) is 37.2 Å². The lowest BCUT2D eigenvalue weighted by molar-refractivity contribution is -0.0300. The number of sulfonamides is 1. The Hall–Kier alpha value is -1.73. The van der Waals surface area contributed by atoms with Crippen molar-refractivity contribution in [1.82, 2.24) is 9.62 Å². The Morgan fingerprint density at radius 2 is 1.86 bits per heavy atom. The highest BCUT2D eigenvalue weighted by Crippen LogP contribution is 2.21. The fourth-order valence-electron chi connectivity index (χ4n) is 3.49. The first-order chi connectivity index (χ1) is 13.6. The molecule has 0 aromatic heterocycles. The van der Waals surface area contributed by atoms with Crippen LogP contribution < -0.4 is 4.72 Å². The van der Waals surface area contributed by atoms with E-state index >= 15 is 0 Å². The Balaban J connectivity index is 1.44. The van der Waals surface area contributed by atoms with Gasteiger partial charge in [-0.15, -0.1) is 0 Å². The summed E-state index contributed by atoms with van der Waals surface area (Å²) >= 11 is 0. The van der Waals surface area contributed by atoms with Crippen molar-refractivity contribution in [3.63, 3.8) is 0 Å². The van der Waals surface area contributed by atoms with Crippen molar-refractivity contribution in [1.29, 1.82) is 0 Å². The molecule has 0 amide bonds. The van der Waals surface area contributed by atoms with Crippen molar-refractivity contribution >= 4 is 10.0 Å². The molecule has 152 valence electrons. The number of nitrogens with one attached hydrogen (secondary N) is 1. The lowest BCUT2D eigenvalue weighted by atomic mass is 10.1. The second-order valence-electron chi connectivity index (χ2n) is 7.22. The highest BCUT2D eigenvalue weighted by atomic mass is 32.2. The van der Waals surface area contributed by atoms with Crippen LogP contribution in [0.5, 0.6) is 0 Å². The van der Waals surface area contributed by atoms with Gasteiger partial charge in [0.15, 0.2) is 0 Å². The molecule has 0 bridgehead atoms. The minimum absolute atomic E-state index is 0.0910. The highest BCUT2D eigenvalue weighted by Gasteiger charge is 2.21. The topological polar surface area (TPSA) is 58.6 Å². The maximum Gasteiger partial charge on any atom is 0.240 e. The number of nitrogens with zero attached hydrogens (tertiary/aromatic N) is 1. The summed E-state index contributed by atoms with van der Waals surface area (Å²) in [7, 11) is -3.44. The number of ether oxygens (including phenoxy) is 1. The van der Waals surface area contributed by atoms with Gasteiger partial charge in [0, 0.05) is 19.6 Å². The standard InChI is InChI=1S/C22H30N2O3S/c1-2-7-19-10-12-21(13-11-19)28(25,26)23-14-6-15-24-16-17-27-22(18-24)20-8-4-3-5-9-20/h3-5,8-13,22-23H,2,6-7,14-18H2,1H3/t22-/m1/s1. The van der Waals surface area contributed by atoms with Crippen molar-refractivity contribution in [3.8, 4) is 0 Å². The van der Waals surface area contributed by atoms with Crippen LogP contribution in [-0.4, -0.2) is 46.1 Å². The van der Waals surface area contributed by atoms with Crippen molar-refractivity contribution < 1.29 is 13.2 Å². The Bertz CT molecular complexity index is 823. The van der Waals surface area contributed by atoms with Gasteiger partial charge in [-0.1, -0.05) is 55.8 Å². The van der Waals surface area contributed by atoms with Gasteiger partial charge in [0.1, 0.15) is 0 Å². The van der Waals surface area contributed by atoms with Crippen molar-refractivity contribution in [2.75, 3.05) is 32.8 Å². The van der Waals surface area contributed by atoms with Gasteiger partial charge < -0.3 is 4.74 Å². The Labute approximate surface area is 168 Å². The van der Waals surface area contributed by atoms with Gasteiger partial charge in [0.25, 0.3) is 0 Å². The SMILES string of the molecule is CCCc1ccc(S(=O)(=O)NCCCN2CCO[C@@H](c3ccccc3)C2)cc1. The first-order valence-corrected chi connectivity index (χ1v) is 11.5. The van der Waals surface area contributed by atoms with E-state index in [4.69, 9.17) is 4.74 Å². The maximum atomic E-state index is 12.4. The molecule has 1 aliphatic heterocycles. The van der Waals surface area contributed by atoms with E-state index in [1.165, 1.54) is 11.1 Å². The Morgan fingerprint density at radius 3 is 2.57 bits per heavy atom. The van der Waals surface area contributed by atoms with E-state index in [1.807, 2.05) is 30.3 Å². The predicted molar refractivity (Wildman–Crippen MR) is 112 cm³/mol. The second kappa shape index (κ2) is 10.2. The highest BCUT2D eigenvalue weighted by molar-refractivity contribution is 7.89. The number of morpholine rings is 1. The molecule has 0 aliphatic carbocycles. The minimum atomic E-state index is -3.44. The number of benzene rings is 2. The predicted octanol–water partition coefficient (Wildman–Crippen LogP) is 3.38. The number of hydrogen-bond donors (Lipinski definition) is 1. The summed E-state index contributed by atoms with van der Waals surface area (Å²) in [5.74, 6) is 0. The molecular formula is C22H30N2O3S. The zero-order chi connectivity index (χ0) is 19.8. The van der Waals surface area contributed by atoms with E-state index in [2.05, 4.69) is 28.7 Å². The molecule has 28 heavy (non-hydrogen) atoms. The Morgan fingerprint density at radius 1 is 1.11 bits per heavy atom. The molecule has 3 rings (SSSR count). The van der Waals surface area contributed by atoms with Crippen LogP contribution in [0.15, 0.2) is 59.5 Å². The monoisotopic (exact) mass is 402 g/mol. The average molecular weight is 403 g/mol. The van der Waals surface area contributed by atoms with E-state index in [0.717, 1.165) is 38.9 Å². The molecule has 1 aliphatic rings. The van der Waals surface area contributed by atoms with Crippen molar-refractivity contribution in [2.24, 2.45) is 0 Å². The van der Waals surface area contributed by atoms with Gasteiger partial charge in [-0.05, 0) is 42.6 Å². The van der Waals surface area contributed by atoms with Crippen LogP contribution in [0.3, 0.4) is 0 Å². The Kier molecular flexibility index (Phi) is 7.62. The summed E-state index contributed by atoms with van der Waals surface area (Å²) in [6, 6.07) is 17.4. The molecule has 0 saturated carbocycles. The quantitative estimate of drug-likeness (QED) is 0.653. The normalized spacial score (nSPS) is 18.2. The third-order valence-electron chi connectivity index (χ3n) is 5.04. The van der Waals surface area contributed by atoms with Crippen LogP contribution in [0.25, 0.3) is 0 Å². The van der Waals surface area contributed by atoms with Crippen LogP contribution >= 0.6 is 0 Å². The third-order valence-corrected chi connectivity index (χ3v) is 6.51. The average Bonchev–Trinajstić information content (AvgIpc) is 2.73. The molecule has 1 fully saturated rings. The van der Waals surface area contributed by atoms with Gasteiger partial charge >= 0.3 is 0 Å². The van der Waals surface area contributed by atoms with Gasteiger partial charge in [0.05, 0.1) is 17.6 Å². The number of hydrogen-bond acceptors (Lipinski definition) is 4. The summed E-state index contributed by atoms with van der Waals surface area (Å²) in [6.45, 7) is 5.83. The summed E-state index contributed by atoms with van der Waals surface area (Å²) in [5.41, 5.74) is 2.36. The lowest BCUT2D eigenvalue weighted by Crippen LogP contribution is -2.39. The first-order valence-electron chi connectivity index (χ1n) is 10.1. The molecule has 5 nitrogen and oxygen atoms in total. The van der Waals surface area contributed by atoms with Crippen LogP contribution in [0, 0.1) is 0 Å². The summed E-state index contributed by atoms with van der Waals surface area (Å²) in [6.07, 6.45) is 2.89. The smallest absolute Gasteiger partial charge is 0.240 e. The minimum Gasteiger partial charge on any atom is -0.371 e. The summed E-state index contributed by atoms with van der Waals surface area (Å²) in [5, 5.41) is 0. The lowest BCUT2D eigenvalue weighted by Gasteiger charge is -2.33. The van der Waals surface area contributed by atoms with Crippen LogP contribution in [0.1, 0.15) is 37.0 Å². The molecule has 1 saturated heterocycles. The molecule has 6 heteroatoms.